The third-order valence-electron chi connectivity index (χ3n) is 2.89. The maximum atomic E-state index is 11.6. The Hall–Kier alpha value is -0.880. The van der Waals surface area contributed by atoms with Gasteiger partial charge in [0.2, 0.25) is 5.91 Å². The van der Waals surface area contributed by atoms with Gasteiger partial charge in [-0.1, -0.05) is 0 Å². The second-order valence-corrected chi connectivity index (χ2v) is 6.79. The van der Waals surface area contributed by atoms with Crippen molar-refractivity contribution in [3.05, 3.63) is 20.8 Å². The molecule has 1 saturated carbocycles. The number of nitrogens with one attached hydrogen (secondary N) is 1. The van der Waals surface area contributed by atoms with E-state index in [2.05, 4.69) is 21.2 Å². The summed E-state index contributed by atoms with van der Waals surface area (Å²) in [5.74, 6) is -0.927. The van der Waals surface area contributed by atoms with E-state index in [4.69, 9.17) is 5.11 Å². The summed E-state index contributed by atoms with van der Waals surface area (Å²) < 4.78 is 0.990. The van der Waals surface area contributed by atoms with E-state index in [0.717, 1.165) is 8.66 Å². The van der Waals surface area contributed by atoms with E-state index in [-0.39, 0.29) is 12.5 Å². The van der Waals surface area contributed by atoms with Crippen LogP contribution in [0.1, 0.15) is 17.7 Å². The van der Waals surface area contributed by atoms with Crippen LogP contribution in [0.15, 0.2) is 15.9 Å². The minimum atomic E-state index is -0.809. The van der Waals surface area contributed by atoms with Crippen molar-refractivity contribution in [1.82, 2.24) is 5.32 Å². The fourth-order valence-corrected chi connectivity index (χ4v) is 3.03. The lowest BCUT2D eigenvalue weighted by Gasteiger charge is -2.10. The molecule has 0 unspecified atom stereocenters. The van der Waals surface area contributed by atoms with Gasteiger partial charge in [0.25, 0.3) is 0 Å². The minimum Gasteiger partial charge on any atom is -0.481 e. The van der Waals surface area contributed by atoms with Crippen LogP contribution in [0, 0.1) is 5.41 Å². The van der Waals surface area contributed by atoms with Crippen LogP contribution in [0.25, 0.3) is 0 Å². The number of thiophene rings is 1. The summed E-state index contributed by atoms with van der Waals surface area (Å²) >= 11 is 4.84. The van der Waals surface area contributed by atoms with Crippen LogP contribution >= 0.6 is 27.3 Å². The molecule has 1 heterocycles. The third-order valence-corrected chi connectivity index (χ3v) is 4.52. The lowest BCUT2D eigenvalue weighted by Crippen LogP contribution is -2.34. The summed E-state index contributed by atoms with van der Waals surface area (Å²) in [5, 5.41) is 11.7. The molecule has 2 rings (SSSR count). The smallest absolute Gasteiger partial charge is 0.311 e. The van der Waals surface area contributed by atoms with Gasteiger partial charge in [-0.05, 0) is 40.9 Å². The third kappa shape index (κ3) is 3.07. The van der Waals surface area contributed by atoms with Crippen molar-refractivity contribution in [1.29, 1.82) is 0 Å². The number of carboxylic acids is 1. The van der Waals surface area contributed by atoms with Gasteiger partial charge in [0.1, 0.15) is 0 Å². The summed E-state index contributed by atoms with van der Waals surface area (Å²) in [6.07, 6.45) is 1.63. The van der Waals surface area contributed by atoms with E-state index in [0.29, 0.717) is 19.3 Å². The Balaban J connectivity index is 1.80. The summed E-state index contributed by atoms with van der Waals surface area (Å²) in [7, 11) is 0. The molecule has 0 aromatic carbocycles. The van der Waals surface area contributed by atoms with E-state index >= 15 is 0 Å². The van der Waals surface area contributed by atoms with E-state index in [1.54, 1.807) is 0 Å². The molecule has 0 spiro atoms. The maximum absolute atomic E-state index is 11.6. The summed E-state index contributed by atoms with van der Waals surface area (Å²) in [6, 6.07) is 3.78. The number of amides is 1. The normalized spacial score (nSPS) is 16.5. The zero-order valence-electron chi connectivity index (χ0n) is 9.03. The van der Waals surface area contributed by atoms with Gasteiger partial charge < -0.3 is 10.4 Å². The molecule has 1 aliphatic rings. The van der Waals surface area contributed by atoms with Crippen LogP contribution in [0.4, 0.5) is 0 Å². The molecule has 0 radical (unpaired) electrons. The van der Waals surface area contributed by atoms with Gasteiger partial charge in [-0.15, -0.1) is 11.3 Å². The highest BCUT2D eigenvalue weighted by atomic mass is 79.9. The molecular weight excluding hydrogens is 306 g/mol. The lowest BCUT2D eigenvalue weighted by atomic mass is 10.1. The molecule has 2 N–H and O–H groups in total. The second-order valence-electron chi connectivity index (χ2n) is 4.24. The highest BCUT2D eigenvalue weighted by molar-refractivity contribution is 9.11. The quantitative estimate of drug-likeness (QED) is 0.873. The molecule has 1 aromatic heterocycles. The van der Waals surface area contributed by atoms with E-state index in [9.17, 15) is 9.59 Å². The van der Waals surface area contributed by atoms with Crippen molar-refractivity contribution in [3.8, 4) is 0 Å². The van der Waals surface area contributed by atoms with Crippen LogP contribution < -0.4 is 5.32 Å². The van der Waals surface area contributed by atoms with E-state index < -0.39 is 11.4 Å². The molecule has 0 atom stereocenters. The number of halogens is 1. The van der Waals surface area contributed by atoms with Gasteiger partial charge in [-0.25, -0.2) is 0 Å². The van der Waals surface area contributed by atoms with Crippen molar-refractivity contribution >= 4 is 39.1 Å². The first-order valence-corrected chi connectivity index (χ1v) is 6.87. The molecule has 92 valence electrons. The Morgan fingerprint density at radius 2 is 2.18 bits per heavy atom. The average Bonchev–Trinajstić information content (AvgIpc) is 2.96. The van der Waals surface area contributed by atoms with Crippen LogP contribution in [0.3, 0.4) is 0 Å². The number of carboxylic acid groups (broad SMARTS) is 1. The van der Waals surface area contributed by atoms with Gasteiger partial charge in [0.15, 0.2) is 0 Å². The first-order chi connectivity index (χ1) is 8.02. The van der Waals surface area contributed by atoms with Gasteiger partial charge >= 0.3 is 5.97 Å². The van der Waals surface area contributed by atoms with Crippen molar-refractivity contribution < 1.29 is 14.7 Å². The molecule has 17 heavy (non-hydrogen) atoms. The van der Waals surface area contributed by atoms with E-state index in [1.165, 1.54) is 11.3 Å². The van der Waals surface area contributed by atoms with Crippen LogP contribution in [-0.2, 0) is 16.0 Å². The summed E-state index contributed by atoms with van der Waals surface area (Å²) in [6.45, 7) is 0.244. The van der Waals surface area contributed by atoms with Crippen LogP contribution in [0.5, 0.6) is 0 Å². The molecule has 4 nitrogen and oxygen atoms in total. The first-order valence-electron chi connectivity index (χ1n) is 5.26. The molecular formula is C11H12BrNO3S. The predicted octanol–water partition coefficient (Wildman–Crippen LogP) is 2.03. The van der Waals surface area contributed by atoms with Crippen molar-refractivity contribution in [2.24, 2.45) is 5.41 Å². The molecule has 1 amide bonds. The van der Waals surface area contributed by atoms with Gasteiger partial charge in [0, 0.05) is 11.4 Å². The number of hydrogen-bond donors (Lipinski definition) is 2. The van der Waals surface area contributed by atoms with E-state index in [1.807, 2.05) is 12.1 Å². The average molecular weight is 318 g/mol. The topological polar surface area (TPSA) is 66.4 Å². The molecule has 0 saturated heterocycles. The number of carbonyl (C=O) groups excluding carboxylic acids is 1. The highest BCUT2D eigenvalue weighted by Crippen LogP contribution is 2.45. The van der Waals surface area contributed by atoms with Crippen molar-refractivity contribution in [2.45, 2.75) is 19.3 Å². The number of carbonyl (C=O) groups is 2. The minimum absolute atomic E-state index is 0.119. The van der Waals surface area contributed by atoms with Crippen LogP contribution in [-0.4, -0.2) is 23.5 Å². The van der Waals surface area contributed by atoms with Crippen LogP contribution in [0.2, 0.25) is 0 Å². The molecule has 1 aromatic rings. The fourth-order valence-electron chi connectivity index (χ4n) is 1.55. The second kappa shape index (κ2) is 4.78. The molecule has 0 bridgehead atoms. The molecule has 6 heteroatoms. The molecule has 1 fully saturated rings. The summed E-state index contributed by atoms with van der Waals surface area (Å²) in [4.78, 5) is 23.5. The first kappa shape index (κ1) is 12.6. The lowest BCUT2D eigenvalue weighted by molar-refractivity contribution is -0.143. The SMILES string of the molecule is O=C(Cc1ccc(Br)s1)NCC1(C(=O)O)CC1. The Labute approximate surface area is 111 Å². The Kier molecular flexibility index (Phi) is 3.53. The zero-order valence-corrected chi connectivity index (χ0v) is 11.4. The number of hydrogen-bond acceptors (Lipinski definition) is 3. The zero-order chi connectivity index (χ0) is 12.5. The fraction of sp³-hybridized carbons (Fsp3) is 0.455. The maximum Gasteiger partial charge on any atom is 0.311 e. The number of aliphatic carboxylic acids is 1. The summed E-state index contributed by atoms with van der Waals surface area (Å²) in [5.41, 5.74) is -0.689. The predicted molar refractivity (Wildman–Crippen MR) is 68.0 cm³/mol. The number of rotatable bonds is 5. The highest BCUT2D eigenvalue weighted by Gasteiger charge is 2.50. The standard InChI is InChI=1S/C11H12BrNO3S/c12-8-2-1-7(17-8)5-9(14)13-6-11(3-4-11)10(15)16/h1-2H,3-6H2,(H,13,14)(H,15,16). The van der Waals surface area contributed by atoms with Gasteiger partial charge in [0.05, 0.1) is 15.6 Å². The monoisotopic (exact) mass is 317 g/mol. The van der Waals surface area contributed by atoms with Crippen molar-refractivity contribution in [2.75, 3.05) is 6.54 Å². The largest absolute Gasteiger partial charge is 0.481 e. The Morgan fingerprint density at radius 1 is 1.47 bits per heavy atom. The van der Waals surface area contributed by atoms with Gasteiger partial charge in [-0.3, -0.25) is 9.59 Å². The molecule has 0 aliphatic heterocycles. The Morgan fingerprint density at radius 3 is 2.65 bits per heavy atom. The molecule has 1 aliphatic carbocycles. The van der Waals surface area contributed by atoms with Crippen molar-refractivity contribution in [3.63, 3.8) is 0 Å². The van der Waals surface area contributed by atoms with Gasteiger partial charge in [-0.2, -0.15) is 0 Å². The Bertz CT molecular complexity index is 453.